The fourth-order valence-corrected chi connectivity index (χ4v) is 11.7. The van der Waals surface area contributed by atoms with E-state index in [4.69, 9.17) is 0 Å². The summed E-state index contributed by atoms with van der Waals surface area (Å²) in [7, 11) is 0. The smallest absolute Gasteiger partial charge is 0.309 e. The average molecular weight is 482 g/mol. The van der Waals surface area contributed by atoms with Crippen LogP contribution in [0.2, 0.25) is 0 Å². The first kappa shape index (κ1) is 25.3. The second-order valence-electron chi connectivity index (χ2n) is 14.7. The van der Waals surface area contributed by atoms with Crippen molar-refractivity contribution in [1.82, 2.24) is 0 Å². The van der Waals surface area contributed by atoms with Crippen LogP contribution < -0.4 is 0 Å². The lowest BCUT2D eigenvalue weighted by molar-refractivity contribution is -0.248. The lowest BCUT2D eigenvalue weighted by atomic mass is 9.32. The van der Waals surface area contributed by atoms with Crippen molar-refractivity contribution in [2.75, 3.05) is 0 Å². The maximum atomic E-state index is 12.9. The standard InChI is InChI=1S/C31H47NO3/c1-19(12-18-32)20-9-15-31(26(34)35)17-16-29(5)21(25(20)31)7-8-23-28(4)13-11-24(33)27(2,3)22(28)10-14-30(23,29)6/h12,20-25,33H,7-11,13-17H2,1-6H3,(H,34,35)/b19-12+/t20-,21?,22?,23?,24?,25?,28?,29+,30?,31?/m0/s1. The van der Waals surface area contributed by atoms with Gasteiger partial charge in [-0.05, 0) is 122 Å². The lowest BCUT2D eigenvalue weighted by Gasteiger charge is -2.72. The predicted molar refractivity (Wildman–Crippen MR) is 137 cm³/mol. The summed E-state index contributed by atoms with van der Waals surface area (Å²) in [5.74, 6) is 1.31. The molecule has 0 radical (unpaired) electrons. The summed E-state index contributed by atoms with van der Waals surface area (Å²) in [5, 5.41) is 30.9. The molecular formula is C31H47NO3. The highest BCUT2D eigenvalue weighted by Gasteiger charge is 2.72. The molecule has 5 aliphatic rings. The summed E-state index contributed by atoms with van der Waals surface area (Å²) in [6, 6.07) is 2.23. The molecule has 0 saturated heterocycles. The van der Waals surface area contributed by atoms with Crippen LogP contribution in [0.3, 0.4) is 0 Å². The number of allylic oxidation sites excluding steroid dienone is 2. The van der Waals surface area contributed by atoms with E-state index in [0.29, 0.717) is 17.8 Å². The number of hydrogen-bond acceptors (Lipinski definition) is 3. The molecule has 0 bridgehead atoms. The maximum Gasteiger partial charge on any atom is 0.309 e. The third-order valence-electron chi connectivity index (χ3n) is 13.7. The van der Waals surface area contributed by atoms with Crippen LogP contribution in [0.1, 0.15) is 106 Å². The minimum absolute atomic E-state index is 0.0488. The molecule has 0 heterocycles. The van der Waals surface area contributed by atoms with Crippen molar-refractivity contribution < 1.29 is 15.0 Å². The van der Waals surface area contributed by atoms with E-state index in [2.05, 4.69) is 47.6 Å². The van der Waals surface area contributed by atoms with Crippen LogP contribution in [0.15, 0.2) is 11.6 Å². The van der Waals surface area contributed by atoms with Gasteiger partial charge in [0.05, 0.1) is 17.6 Å². The van der Waals surface area contributed by atoms with Gasteiger partial charge >= 0.3 is 5.97 Å². The van der Waals surface area contributed by atoms with Crippen molar-refractivity contribution in [1.29, 1.82) is 5.26 Å². The molecular weight excluding hydrogens is 434 g/mol. The molecule has 5 aliphatic carbocycles. The van der Waals surface area contributed by atoms with Crippen LogP contribution >= 0.6 is 0 Å². The Morgan fingerprint density at radius 3 is 2.26 bits per heavy atom. The fraction of sp³-hybridized carbons (Fsp3) is 0.871. The predicted octanol–water partition coefficient (Wildman–Crippen LogP) is 6.98. The van der Waals surface area contributed by atoms with Gasteiger partial charge in [-0.2, -0.15) is 5.26 Å². The van der Waals surface area contributed by atoms with Crippen molar-refractivity contribution in [3.8, 4) is 6.07 Å². The minimum Gasteiger partial charge on any atom is -0.481 e. The fourth-order valence-electron chi connectivity index (χ4n) is 11.7. The molecule has 35 heavy (non-hydrogen) atoms. The first-order chi connectivity index (χ1) is 16.3. The second kappa shape index (κ2) is 7.83. The van der Waals surface area contributed by atoms with Crippen molar-refractivity contribution in [2.24, 2.45) is 56.7 Å². The number of aliphatic hydroxyl groups is 1. The molecule has 4 nitrogen and oxygen atoms in total. The Labute approximate surface area is 212 Å². The van der Waals surface area contributed by atoms with Gasteiger partial charge in [0, 0.05) is 6.08 Å². The topological polar surface area (TPSA) is 81.3 Å². The van der Waals surface area contributed by atoms with Crippen molar-refractivity contribution in [3.63, 3.8) is 0 Å². The van der Waals surface area contributed by atoms with E-state index in [0.717, 1.165) is 50.5 Å². The largest absolute Gasteiger partial charge is 0.481 e. The number of carboxylic acid groups (broad SMARTS) is 1. The molecule has 0 amide bonds. The molecule has 8 unspecified atom stereocenters. The van der Waals surface area contributed by atoms with E-state index in [-0.39, 0.29) is 39.6 Å². The quantitative estimate of drug-likeness (QED) is 0.417. The van der Waals surface area contributed by atoms with Gasteiger partial charge in [0.1, 0.15) is 0 Å². The molecule has 2 N–H and O–H groups in total. The number of nitrogens with zero attached hydrogens (tertiary/aromatic N) is 1. The second-order valence-corrected chi connectivity index (χ2v) is 14.7. The van der Waals surface area contributed by atoms with Gasteiger partial charge in [-0.3, -0.25) is 4.79 Å². The van der Waals surface area contributed by atoms with Crippen molar-refractivity contribution >= 4 is 5.97 Å². The number of carbonyl (C=O) groups is 1. The van der Waals surface area contributed by atoms with Gasteiger partial charge in [-0.15, -0.1) is 0 Å². The zero-order valence-corrected chi connectivity index (χ0v) is 22.9. The molecule has 0 aromatic heterocycles. The van der Waals surface area contributed by atoms with E-state index >= 15 is 0 Å². The van der Waals surface area contributed by atoms with Crippen LogP contribution in [0.5, 0.6) is 0 Å². The van der Waals surface area contributed by atoms with Crippen LogP contribution in [0, 0.1) is 68.0 Å². The van der Waals surface area contributed by atoms with Crippen LogP contribution in [-0.4, -0.2) is 22.3 Å². The number of hydrogen-bond donors (Lipinski definition) is 2. The molecule has 5 saturated carbocycles. The molecule has 4 heteroatoms. The summed E-state index contributed by atoms with van der Waals surface area (Å²) >= 11 is 0. The zero-order chi connectivity index (χ0) is 25.6. The van der Waals surface area contributed by atoms with Crippen LogP contribution in [0.4, 0.5) is 0 Å². The van der Waals surface area contributed by atoms with Gasteiger partial charge in [0.25, 0.3) is 0 Å². The van der Waals surface area contributed by atoms with E-state index in [9.17, 15) is 20.3 Å². The third kappa shape index (κ3) is 3.03. The minimum atomic E-state index is -0.624. The van der Waals surface area contributed by atoms with Crippen molar-refractivity contribution in [3.05, 3.63) is 11.6 Å². The Hall–Kier alpha value is -1.34. The first-order valence-corrected chi connectivity index (χ1v) is 14.3. The maximum absolute atomic E-state index is 12.9. The normalized spacial score (nSPS) is 52.9. The van der Waals surface area contributed by atoms with Gasteiger partial charge < -0.3 is 10.2 Å². The van der Waals surface area contributed by atoms with Gasteiger partial charge in [-0.1, -0.05) is 40.2 Å². The molecule has 0 aliphatic heterocycles. The highest BCUT2D eigenvalue weighted by Crippen LogP contribution is 2.77. The number of aliphatic hydroxyl groups excluding tert-OH is 1. The van der Waals surface area contributed by atoms with E-state index in [1.807, 2.05) is 0 Å². The highest BCUT2D eigenvalue weighted by atomic mass is 16.4. The van der Waals surface area contributed by atoms with Crippen molar-refractivity contribution in [2.45, 2.75) is 112 Å². The van der Waals surface area contributed by atoms with Gasteiger partial charge in [-0.25, -0.2) is 0 Å². The number of fused-ring (bicyclic) bond motifs is 7. The number of rotatable bonds is 2. The molecule has 5 rings (SSSR count). The molecule has 0 aromatic carbocycles. The van der Waals surface area contributed by atoms with E-state index in [1.54, 1.807) is 6.08 Å². The average Bonchev–Trinajstić information content (AvgIpc) is 3.18. The van der Waals surface area contributed by atoms with Crippen LogP contribution in [0.25, 0.3) is 0 Å². The number of aliphatic carboxylic acids is 1. The summed E-state index contributed by atoms with van der Waals surface area (Å²) in [6.45, 7) is 14.3. The first-order valence-electron chi connectivity index (χ1n) is 14.3. The monoisotopic (exact) mass is 481 g/mol. The Balaban J connectivity index is 1.57. The Kier molecular flexibility index (Phi) is 5.66. The molecule has 0 spiro atoms. The summed E-state index contributed by atoms with van der Waals surface area (Å²) in [5.41, 5.74) is 0.952. The lowest BCUT2D eigenvalue weighted by Crippen LogP contribution is -2.67. The summed E-state index contributed by atoms with van der Waals surface area (Å²) in [4.78, 5) is 12.9. The van der Waals surface area contributed by atoms with Gasteiger partial charge in [0.2, 0.25) is 0 Å². The number of nitriles is 1. The Morgan fingerprint density at radius 1 is 0.886 bits per heavy atom. The molecule has 0 aromatic rings. The molecule has 10 atom stereocenters. The van der Waals surface area contributed by atoms with Crippen LogP contribution in [-0.2, 0) is 4.79 Å². The highest BCUT2D eigenvalue weighted by molar-refractivity contribution is 5.76. The summed E-state index contributed by atoms with van der Waals surface area (Å²) < 4.78 is 0. The third-order valence-corrected chi connectivity index (χ3v) is 13.7. The summed E-state index contributed by atoms with van der Waals surface area (Å²) in [6.07, 6.45) is 11.6. The zero-order valence-electron chi connectivity index (χ0n) is 22.9. The van der Waals surface area contributed by atoms with E-state index < -0.39 is 11.4 Å². The SMILES string of the molecule is C/C(=C\C#N)[C@@H]1CCC2(C(=O)O)CC[C@]3(C)C(CCC4C5(C)CCC(O)C(C)(C)C5CCC43C)C12. The van der Waals surface area contributed by atoms with E-state index in [1.165, 1.54) is 19.3 Å². The Bertz CT molecular complexity index is 978. The number of carboxylic acids is 1. The van der Waals surface area contributed by atoms with Gasteiger partial charge in [0.15, 0.2) is 0 Å². The Morgan fingerprint density at radius 2 is 1.60 bits per heavy atom. The molecule has 194 valence electrons. The molecule has 5 fully saturated rings.